The van der Waals surface area contributed by atoms with Gasteiger partial charge in [-0.15, -0.1) is 0 Å². The highest BCUT2D eigenvalue weighted by atomic mass is 16.1. The molecule has 1 aliphatic rings. The van der Waals surface area contributed by atoms with Crippen molar-refractivity contribution in [3.63, 3.8) is 0 Å². The SMILES string of the molecule is Cc1nc2c(c(=O)[nH]1)CCN(CC[C@H](C)c1ccccc1)C2. The van der Waals surface area contributed by atoms with E-state index in [2.05, 4.69) is 52.1 Å². The molecule has 0 fully saturated rings. The number of aromatic nitrogens is 2. The van der Waals surface area contributed by atoms with Crippen LogP contribution in [-0.2, 0) is 13.0 Å². The van der Waals surface area contributed by atoms with Crippen molar-refractivity contribution in [2.24, 2.45) is 0 Å². The maximum absolute atomic E-state index is 11.9. The van der Waals surface area contributed by atoms with Gasteiger partial charge in [-0.05, 0) is 37.8 Å². The van der Waals surface area contributed by atoms with Crippen LogP contribution in [0.4, 0.5) is 0 Å². The van der Waals surface area contributed by atoms with E-state index in [0.717, 1.165) is 43.7 Å². The Balaban J connectivity index is 1.62. The van der Waals surface area contributed by atoms with Gasteiger partial charge in [0, 0.05) is 18.7 Å². The third kappa shape index (κ3) is 3.28. The van der Waals surface area contributed by atoms with Crippen LogP contribution in [0.3, 0.4) is 0 Å². The summed E-state index contributed by atoms with van der Waals surface area (Å²) >= 11 is 0. The minimum Gasteiger partial charge on any atom is -0.311 e. The first kappa shape index (κ1) is 15.0. The Morgan fingerprint density at radius 1 is 1.32 bits per heavy atom. The van der Waals surface area contributed by atoms with Crippen LogP contribution in [-0.4, -0.2) is 28.0 Å². The number of aryl methyl sites for hydroxylation is 1. The molecule has 0 spiro atoms. The second kappa shape index (κ2) is 6.44. The summed E-state index contributed by atoms with van der Waals surface area (Å²) in [5.41, 5.74) is 3.27. The van der Waals surface area contributed by atoms with Gasteiger partial charge in [-0.25, -0.2) is 4.98 Å². The van der Waals surface area contributed by atoms with E-state index in [0.29, 0.717) is 11.7 Å². The molecule has 4 heteroatoms. The molecule has 1 aromatic heterocycles. The molecule has 0 saturated heterocycles. The summed E-state index contributed by atoms with van der Waals surface area (Å²) in [6.45, 7) is 6.91. The number of aromatic amines is 1. The highest BCUT2D eigenvalue weighted by Gasteiger charge is 2.20. The number of rotatable bonds is 4. The van der Waals surface area contributed by atoms with Gasteiger partial charge in [0.1, 0.15) is 5.82 Å². The van der Waals surface area contributed by atoms with E-state index in [9.17, 15) is 4.79 Å². The summed E-state index contributed by atoms with van der Waals surface area (Å²) in [6.07, 6.45) is 1.93. The van der Waals surface area contributed by atoms with Crippen LogP contribution in [0.5, 0.6) is 0 Å². The van der Waals surface area contributed by atoms with Crippen LogP contribution >= 0.6 is 0 Å². The van der Waals surface area contributed by atoms with Gasteiger partial charge >= 0.3 is 0 Å². The molecule has 22 heavy (non-hydrogen) atoms. The first-order valence-electron chi connectivity index (χ1n) is 7.99. The minimum atomic E-state index is 0.0415. The number of fused-ring (bicyclic) bond motifs is 1. The Hall–Kier alpha value is -1.94. The smallest absolute Gasteiger partial charge is 0.254 e. The summed E-state index contributed by atoms with van der Waals surface area (Å²) in [4.78, 5) is 21.7. The predicted octanol–water partition coefficient (Wildman–Crippen LogP) is 2.63. The molecule has 2 aromatic rings. The van der Waals surface area contributed by atoms with Crippen molar-refractivity contribution in [3.05, 3.63) is 63.3 Å². The Kier molecular flexibility index (Phi) is 4.39. The molecule has 4 nitrogen and oxygen atoms in total. The zero-order chi connectivity index (χ0) is 15.5. The molecular weight excluding hydrogens is 274 g/mol. The lowest BCUT2D eigenvalue weighted by molar-refractivity contribution is 0.240. The Bertz CT molecular complexity index is 693. The highest BCUT2D eigenvalue weighted by molar-refractivity contribution is 5.21. The summed E-state index contributed by atoms with van der Waals surface area (Å²) < 4.78 is 0. The maximum Gasteiger partial charge on any atom is 0.254 e. The van der Waals surface area contributed by atoms with E-state index in [1.807, 2.05) is 6.92 Å². The summed E-state index contributed by atoms with van der Waals surface area (Å²) in [6, 6.07) is 10.6. The summed E-state index contributed by atoms with van der Waals surface area (Å²) in [5.74, 6) is 1.26. The monoisotopic (exact) mass is 297 g/mol. The molecule has 0 aliphatic carbocycles. The number of nitrogens with one attached hydrogen (secondary N) is 1. The largest absolute Gasteiger partial charge is 0.311 e. The van der Waals surface area contributed by atoms with Crippen molar-refractivity contribution in [1.29, 1.82) is 0 Å². The van der Waals surface area contributed by atoms with Gasteiger partial charge < -0.3 is 4.98 Å². The Morgan fingerprint density at radius 3 is 2.86 bits per heavy atom. The quantitative estimate of drug-likeness (QED) is 0.944. The van der Waals surface area contributed by atoms with Crippen molar-refractivity contribution in [1.82, 2.24) is 14.9 Å². The molecule has 1 atom stereocenters. The average Bonchev–Trinajstić information content (AvgIpc) is 2.53. The minimum absolute atomic E-state index is 0.0415. The van der Waals surface area contributed by atoms with E-state index in [1.165, 1.54) is 5.56 Å². The Labute approximate surface area is 131 Å². The van der Waals surface area contributed by atoms with Gasteiger partial charge in [0.15, 0.2) is 0 Å². The van der Waals surface area contributed by atoms with Crippen LogP contribution in [0.15, 0.2) is 35.1 Å². The van der Waals surface area contributed by atoms with Crippen LogP contribution in [0.2, 0.25) is 0 Å². The highest BCUT2D eigenvalue weighted by Crippen LogP contribution is 2.21. The zero-order valence-electron chi connectivity index (χ0n) is 13.3. The second-order valence-corrected chi connectivity index (χ2v) is 6.20. The molecule has 1 N–H and O–H groups in total. The Morgan fingerprint density at radius 2 is 2.09 bits per heavy atom. The lowest BCUT2D eigenvalue weighted by Gasteiger charge is -2.28. The first-order valence-corrected chi connectivity index (χ1v) is 7.99. The van der Waals surface area contributed by atoms with Gasteiger partial charge in [0.25, 0.3) is 5.56 Å². The fourth-order valence-corrected chi connectivity index (χ4v) is 3.13. The molecule has 0 amide bonds. The van der Waals surface area contributed by atoms with Crippen molar-refractivity contribution in [3.8, 4) is 0 Å². The van der Waals surface area contributed by atoms with Crippen LogP contribution in [0.25, 0.3) is 0 Å². The van der Waals surface area contributed by atoms with Gasteiger partial charge in [-0.3, -0.25) is 9.69 Å². The van der Waals surface area contributed by atoms with E-state index >= 15 is 0 Å². The third-order valence-corrected chi connectivity index (χ3v) is 4.52. The molecule has 3 rings (SSSR count). The average molecular weight is 297 g/mol. The number of hydrogen-bond donors (Lipinski definition) is 1. The normalized spacial score (nSPS) is 16.3. The number of benzene rings is 1. The van der Waals surface area contributed by atoms with Gasteiger partial charge in [0.2, 0.25) is 0 Å². The number of hydrogen-bond acceptors (Lipinski definition) is 3. The molecule has 0 saturated carbocycles. The molecular formula is C18H23N3O. The van der Waals surface area contributed by atoms with Crippen LogP contribution < -0.4 is 5.56 Å². The first-order chi connectivity index (χ1) is 10.6. The second-order valence-electron chi connectivity index (χ2n) is 6.20. The fourth-order valence-electron chi connectivity index (χ4n) is 3.13. The maximum atomic E-state index is 11.9. The lowest BCUT2D eigenvalue weighted by atomic mass is 9.97. The number of H-pyrrole nitrogens is 1. The summed E-state index contributed by atoms with van der Waals surface area (Å²) in [7, 11) is 0. The number of nitrogens with zero attached hydrogens (tertiary/aromatic N) is 2. The predicted molar refractivity (Wildman–Crippen MR) is 88.0 cm³/mol. The standard InChI is InChI=1S/C18H23N3O/c1-13(15-6-4-3-5-7-15)8-10-21-11-9-16-17(12-21)19-14(2)20-18(16)22/h3-7,13H,8-12H2,1-2H3,(H,19,20,22)/t13-/m0/s1. The van der Waals surface area contributed by atoms with Crippen molar-refractivity contribution in [2.75, 3.05) is 13.1 Å². The van der Waals surface area contributed by atoms with Gasteiger partial charge in [0.05, 0.1) is 5.69 Å². The third-order valence-electron chi connectivity index (χ3n) is 4.52. The molecule has 0 bridgehead atoms. The van der Waals surface area contributed by atoms with Gasteiger partial charge in [-0.1, -0.05) is 37.3 Å². The molecule has 2 heterocycles. The lowest BCUT2D eigenvalue weighted by Crippen LogP contribution is -2.36. The molecule has 116 valence electrons. The van der Waals surface area contributed by atoms with Crippen LogP contribution in [0.1, 0.15) is 41.9 Å². The van der Waals surface area contributed by atoms with Gasteiger partial charge in [-0.2, -0.15) is 0 Å². The molecule has 1 aromatic carbocycles. The zero-order valence-corrected chi connectivity index (χ0v) is 13.3. The fraction of sp³-hybridized carbons (Fsp3) is 0.444. The van der Waals surface area contributed by atoms with E-state index in [1.54, 1.807) is 0 Å². The van der Waals surface area contributed by atoms with Crippen molar-refractivity contribution >= 4 is 0 Å². The van der Waals surface area contributed by atoms with Crippen LogP contribution in [0, 0.1) is 6.92 Å². The van der Waals surface area contributed by atoms with Crippen molar-refractivity contribution < 1.29 is 0 Å². The topological polar surface area (TPSA) is 49.0 Å². The van der Waals surface area contributed by atoms with E-state index in [4.69, 9.17) is 0 Å². The van der Waals surface area contributed by atoms with E-state index in [-0.39, 0.29) is 5.56 Å². The summed E-state index contributed by atoms with van der Waals surface area (Å²) in [5, 5.41) is 0. The molecule has 0 unspecified atom stereocenters. The van der Waals surface area contributed by atoms with Crippen molar-refractivity contribution in [2.45, 2.75) is 39.2 Å². The molecule has 1 aliphatic heterocycles. The molecule has 0 radical (unpaired) electrons. The van der Waals surface area contributed by atoms with E-state index < -0.39 is 0 Å².